The van der Waals surface area contributed by atoms with Crippen molar-refractivity contribution in [1.82, 2.24) is 0 Å². The molecule has 250 valence electrons. The van der Waals surface area contributed by atoms with Crippen LogP contribution in [0.2, 0.25) is 0 Å². The van der Waals surface area contributed by atoms with E-state index in [4.69, 9.17) is 9.47 Å². The van der Waals surface area contributed by atoms with E-state index >= 15 is 0 Å². The summed E-state index contributed by atoms with van der Waals surface area (Å²) in [6.07, 6.45) is 22.3. The minimum absolute atomic E-state index is 0.0648. The van der Waals surface area contributed by atoms with Gasteiger partial charge in [-0.3, -0.25) is 4.79 Å². The maximum atomic E-state index is 12.1. The highest BCUT2D eigenvalue weighted by Gasteiger charge is 2.43. The quantitative estimate of drug-likeness (QED) is 0.0647. The van der Waals surface area contributed by atoms with Crippen molar-refractivity contribution in [3.8, 4) is 0 Å². The Morgan fingerprint density at radius 3 is 1.43 bits per heavy atom. The lowest BCUT2D eigenvalue weighted by atomic mass is 9.99. The third-order valence-electron chi connectivity index (χ3n) is 8.59. The summed E-state index contributed by atoms with van der Waals surface area (Å²) in [5.41, 5.74) is 0. The standard InChI is InChI=1S/C34H66O8/c1-28(36)23-21-19-17-15-13-11-9-7-5-3-2-4-6-8-10-12-14-16-18-20-22-24-29(37)25-26-41-34-33(40)32(39)31(38)30(27-35)42-34/h28,30-36,38-40H,2-27H2,1H3/t28-,30?,31-,32?,33-,34+/m1/s1. The highest BCUT2D eigenvalue weighted by molar-refractivity contribution is 5.78. The van der Waals surface area contributed by atoms with E-state index in [1.54, 1.807) is 0 Å². The minimum Gasteiger partial charge on any atom is -0.394 e. The number of ketones is 1. The van der Waals surface area contributed by atoms with Gasteiger partial charge >= 0.3 is 0 Å². The molecule has 0 aromatic carbocycles. The minimum atomic E-state index is -1.47. The Morgan fingerprint density at radius 1 is 0.619 bits per heavy atom. The van der Waals surface area contributed by atoms with E-state index in [0.29, 0.717) is 6.42 Å². The number of hydrogen-bond donors (Lipinski definition) is 5. The van der Waals surface area contributed by atoms with Crippen molar-refractivity contribution in [2.75, 3.05) is 13.2 Å². The molecule has 0 aromatic rings. The number of carbonyl (C=O) groups excluding carboxylic acids is 1. The Hall–Kier alpha value is -0.610. The third kappa shape index (κ3) is 20.4. The Balaban J connectivity index is 1.78. The van der Waals surface area contributed by atoms with E-state index in [9.17, 15) is 30.3 Å². The molecular formula is C34H66O8. The molecule has 0 spiro atoms. The average Bonchev–Trinajstić information content (AvgIpc) is 2.97. The summed E-state index contributed by atoms with van der Waals surface area (Å²) in [6, 6.07) is 0. The Kier molecular flexibility index (Phi) is 25.1. The lowest BCUT2D eigenvalue weighted by molar-refractivity contribution is -0.300. The van der Waals surface area contributed by atoms with Crippen molar-refractivity contribution < 1.29 is 39.8 Å². The van der Waals surface area contributed by atoms with Crippen LogP contribution in [0.3, 0.4) is 0 Å². The summed E-state index contributed by atoms with van der Waals surface area (Å²) in [7, 11) is 0. The maximum Gasteiger partial charge on any atom is 0.186 e. The number of ether oxygens (including phenoxy) is 2. The molecule has 0 bridgehead atoms. The van der Waals surface area contributed by atoms with Crippen LogP contribution >= 0.6 is 0 Å². The summed E-state index contributed by atoms with van der Waals surface area (Å²) in [5.74, 6) is 0.103. The molecule has 0 saturated carbocycles. The number of carbonyl (C=O) groups is 1. The fourth-order valence-corrected chi connectivity index (χ4v) is 5.74. The van der Waals surface area contributed by atoms with E-state index < -0.39 is 37.3 Å². The molecule has 5 N–H and O–H groups in total. The first-order valence-corrected chi connectivity index (χ1v) is 17.5. The summed E-state index contributed by atoms with van der Waals surface area (Å²) in [5, 5.41) is 48.0. The highest BCUT2D eigenvalue weighted by Crippen LogP contribution is 2.22. The molecule has 8 nitrogen and oxygen atoms in total. The summed E-state index contributed by atoms with van der Waals surface area (Å²) in [6.45, 7) is 1.45. The lowest BCUT2D eigenvalue weighted by Gasteiger charge is -2.39. The zero-order chi connectivity index (χ0) is 30.8. The van der Waals surface area contributed by atoms with Gasteiger partial charge in [0, 0.05) is 12.8 Å². The second-order valence-electron chi connectivity index (χ2n) is 12.7. The second kappa shape index (κ2) is 26.8. The monoisotopic (exact) mass is 602 g/mol. The SMILES string of the molecule is C[C@@H](O)CCCCCCCCCCCCCCCCCCCCCCCC(=O)CCO[C@H]1OC(CO)[C@@H](O)C(O)[C@H]1O. The molecule has 0 amide bonds. The van der Waals surface area contributed by atoms with Crippen molar-refractivity contribution in [2.45, 2.75) is 198 Å². The molecular weight excluding hydrogens is 536 g/mol. The molecule has 6 atom stereocenters. The van der Waals surface area contributed by atoms with E-state index in [2.05, 4.69) is 0 Å². The molecule has 8 heteroatoms. The number of rotatable bonds is 29. The van der Waals surface area contributed by atoms with Gasteiger partial charge in [-0.25, -0.2) is 0 Å². The van der Waals surface area contributed by atoms with E-state index in [1.165, 1.54) is 122 Å². The van der Waals surface area contributed by atoms with E-state index in [-0.39, 0.29) is 24.9 Å². The predicted molar refractivity (Wildman–Crippen MR) is 167 cm³/mol. The molecule has 1 fully saturated rings. The summed E-state index contributed by atoms with van der Waals surface area (Å²) >= 11 is 0. The number of aliphatic hydroxyl groups excluding tert-OH is 5. The van der Waals surface area contributed by atoms with E-state index in [1.807, 2.05) is 6.92 Å². The number of aliphatic hydroxyl groups is 5. The van der Waals surface area contributed by atoms with Crippen LogP contribution in [-0.2, 0) is 14.3 Å². The normalized spacial score (nSPS) is 23.3. The van der Waals surface area contributed by atoms with Gasteiger partial charge in [-0.15, -0.1) is 0 Å². The maximum absolute atomic E-state index is 12.1. The highest BCUT2D eigenvalue weighted by atomic mass is 16.7. The lowest BCUT2D eigenvalue weighted by Crippen LogP contribution is -2.59. The number of Topliss-reactive ketones (excluding diaryl/α,β-unsaturated/α-hetero) is 1. The number of hydrogen-bond acceptors (Lipinski definition) is 8. The molecule has 1 saturated heterocycles. The average molecular weight is 603 g/mol. The molecule has 42 heavy (non-hydrogen) atoms. The Labute approximate surface area is 256 Å². The van der Waals surface area contributed by atoms with Gasteiger partial charge in [0.2, 0.25) is 0 Å². The Bertz CT molecular complexity index is 614. The van der Waals surface area contributed by atoms with Gasteiger partial charge in [0.05, 0.1) is 19.3 Å². The van der Waals surface area contributed by atoms with Gasteiger partial charge in [-0.2, -0.15) is 0 Å². The molecule has 1 aliphatic rings. The molecule has 0 aliphatic carbocycles. The van der Waals surface area contributed by atoms with Crippen LogP contribution in [0.15, 0.2) is 0 Å². The van der Waals surface area contributed by atoms with Gasteiger partial charge < -0.3 is 35.0 Å². The zero-order valence-electron chi connectivity index (χ0n) is 26.8. The molecule has 0 radical (unpaired) electrons. The second-order valence-corrected chi connectivity index (χ2v) is 12.7. The zero-order valence-corrected chi connectivity index (χ0v) is 26.8. The number of unbranched alkanes of at least 4 members (excludes halogenated alkanes) is 20. The van der Waals surface area contributed by atoms with E-state index in [0.717, 1.165) is 19.3 Å². The smallest absolute Gasteiger partial charge is 0.186 e. The molecule has 2 unspecified atom stereocenters. The summed E-state index contributed by atoms with van der Waals surface area (Å²) < 4.78 is 10.7. The van der Waals surface area contributed by atoms with Crippen molar-refractivity contribution in [3.05, 3.63) is 0 Å². The van der Waals surface area contributed by atoms with Crippen LogP contribution in [-0.4, -0.2) is 81.3 Å². The van der Waals surface area contributed by atoms with Crippen LogP contribution < -0.4 is 0 Å². The van der Waals surface area contributed by atoms with Gasteiger partial charge in [-0.1, -0.05) is 128 Å². The van der Waals surface area contributed by atoms with Gasteiger partial charge in [0.1, 0.15) is 30.2 Å². The van der Waals surface area contributed by atoms with Crippen molar-refractivity contribution in [2.24, 2.45) is 0 Å². The van der Waals surface area contributed by atoms with Gasteiger partial charge in [0.25, 0.3) is 0 Å². The molecule has 1 heterocycles. The van der Waals surface area contributed by atoms with Crippen LogP contribution in [0.4, 0.5) is 0 Å². The largest absolute Gasteiger partial charge is 0.394 e. The topological polar surface area (TPSA) is 137 Å². The third-order valence-corrected chi connectivity index (χ3v) is 8.59. The van der Waals surface area contributed by atoms with Gasteiger partial charge in [-0.05, 0) is 19.8 Å². The van der Waals surface area contributed by atoms with Crippen LogP contribution in [0, 0.1) is 0 Å². The van der Waals surface area contributed by atoms with Crippen molar-refractivity contribution >= 4 is 5.78 Å². The van der Waals surface area contributed by atoms with Crippen LogP contribution in [0.25, 0.3) is 0 Å². The molecule has 0 aromatic heterocycles. The fraction of sp³-hybridized carbons (Fsp3) is 0.971. The Morgan fingerprint density at radius 2 is 1.02 bits per heavy atom. The first-order valence-electron chi connectivity index (χ1n) is 17.5. The van der Waals surface area contributed by atoms with Crippen molar-refractivity contribution in [3.63, 3.8) is 0 Å². The molecule has 1 aliphatic heterocycles. The molecule has 1 rings (SSSR count). The summed E-state index contributed by atoms with van der Waals surface area (Å²) in [4.78, 5) is 12.1. The first-order chi connectivity index (χ1) is 20.4. The fourth-order valence-electron chi connectivity index (χ4n) is 5.74. The van der Waals surface area contributed by atoms with Crippen LogP contribution in [0.1, 0.15) is 161 Å². The van der Waals surface area contributed by atoms with Crippen LogP contribution in [0.5, 0.6) is 0 Å². The predicted octanol–water partition coefficient (Wildman–Crippen LogP) is 6.12. The van der Waals surface area contributed by atoms with Gasteiger partial charge in [0.15, 0.2) is 6.29 Å². The van der Waals surface area contributed by atoms with Crippen molar-refractivity contribution in [1.29, 1.82) is 0 Å². The first kappa shape index (κ1) is 39.4.